The fraction of sp³-hybridized carbons (Fsp3) is 0.500. The standard InChI is InChI=1S/C10H15N5O4/c1-3-14(5-8(16)11-2)9(17)6-15-4-7(10(18)19)12-13-15/h4H,3,5-6H2,1-2H3,(H,11,16)(H,18,19). The second-order valence-electron chi connectivity index (χ2n) is 3.69. The van der Waals surface area contributed by atoms with Crippen LogP contribution in [-0.2, 0) is 16.1 Å². The Kier molecular flexibility index (Phi) is 4.98. The summed E-state index contributed by atoms with van der Waals surface area (Å²) in [6.45, 7) is 1.90. The first-order valence-corrected chi connectivity index (χ1v) is 5.59. The molecule has 0 unspecified atom stereocenters. The normalized spacial score (nSPS) is 10.0. The van der Waals surface area contributed by atoms with E-state index in [4.69, 9.17) is 5.11 Å². The Morgan fingerprint density at radius 3 is 2.63 bits per heavy atom. The molecule has 19 heavy (non-hydrogen) atoms. The molecule has 0 radical (unpaired) electrons. The SMILES string of the molecule is CCN(CC(=O)NC)C(=O)Cn1cc(C(=O)O)nn1. The average molecular weight is 269 g/mol. The molecular weight excluding hydrogens is 254 g/mol. The highest BCUT2D eigenvalue weighted by Crippen LogP contribution is 1.96. The first-order valence-electron chi connectivity index (χ1n) is 5.59. The third-order valence-corrected chi connectivity index (χ3v) is 2.40. The fourth-order valence-corrected chi connectivity index (χ4v) is 1.34. The lowest BCUT2D eigenvalue weighted by atomic mass is 10.4. The van der Waals surface area contributed by atoms with Crippen molar-refractivity contribution in [3.05, 3.63) is 11.9 Å². The van der Waals surface area contributed by atoms with Crippen LogP contribution in [0.3, 0.4) is 0 Å². The molecule has 0 aliphatic carbocycles. The quantitative estimate of drug-likeness (QED) is 0.654. The highest BCUT2D eigenvalue weighted by Gasteiger charge is 2.17. The van der Waals surface area contributed by atoms with Crippen LogP contribution in [0.25, 0.3) is 0 Å². The van der Waals surface area contributed by atoms with Crippen molar-refractivity contribution in [2.24, 2.45) is 0 Å². The molecule has 0 spiro atoms. The van der Waals surface area contributed by atoms with Crippen LogP contribution in [0.15, 0.2) is 6.20 Å². The summed E-state index contributed by atoms with van der Waals surface area (Å²) in [5.41, 5.74) is -0.234. The number of carboxylic acid groups (broad SMARTS) is 1. The zero-order valence-electron chi connectivity index (χ0n) is 10.7. The molecule has 1 aromatic rings. The van der Waals surface area contributed by atoms with Gasteiger partial charge in [0.15, 0.2) is 5.69 Å². The first kappa shape index (κ1) is 14.6. The number of hydrogen-bond acceptors (Lipinski definition) is 5. The minimum absolute atomic E-state index is 0.0493. The molecule has 1 rings (SSSR count). The van der Waals surface area contributed by atoms with Crippen LogP contribution in [0.1, 0.15) is 17.4 Å². The predicted molar refractivity (Wildman–Crippen MR) is 63.3 cm³/mol. The Morgan fingerprint density at radius 2 is 2.16 bits per heavy atom. The summed E-state index contributed by atoms with van der Waals surface area (Å²) >= 11 is 0. The van der Waals surface area contributed by atoms with Gasteiger partial charge in [0.1, 0.15) is 6.54 Å². The fourth-order valence-electron chi connectivity index (χ4n) is 1.34. The van der Waals surface area contributed by atoms with Crippen LogP contribution >= 0.6 is 0 Å². The Morgan fingerprint density at radius 1 is 1.47 bits per heavy atom. The number of aromatic nitrogens is 3. The molecule has 0 fully saturated rings. The van der Waals surface area contributed by atoms with Crippen molar-refractivity contribution in [1.29, 1.82) is 0 Å². The van der Waals surface area contributed by atoms with E-state index in [9.17, 15) is 14.4 Å². The summed E-state index contributed by atoms with van der Waals surface area (Å²) < 4.78 is 1.12. The molecule has 0 aliphatic rings. The van der Waals surface area contributed by atoms with Gasteiger partial charge in [-0.15, -0.1) is 5.10 Å². The number of hydrogen-bond donors (Lipinski definition) is 2. The van der Waals surface area contributed by atoms with E-state index in [1.54, 1.807) is 6.92 Å². The summed E-state index contributed by atoms with van der Waals surface area (Å²) in [5.74, 6) is -1.83. The van der Waals surface area contributed by atoms with E-state index in [2.05, 4.69) is 15.6 Å². The van der Waals surface area contributed by atoms with Crippen molar-refractivity contribution in [3.63, 3.8) is 0 Å². The number of nitrogens with one attached hydrogen (secondary N) is 1. The lowest BCUT2D eigenvalue weighted by molar-refractivity contribution is -0.136. The van der Waals surface area contributed by atoms with Gasteiger partial charge in [-0.25, -0.2) is 9.48 Å². The van der Waals surface area contributed by atoms with Crippen LogP contribution < -0.4 is 5.32 Å². The number of nitrogens with zero attached hydrogens (tertiary/aromatic N) is 4. The van der Waals surface area contributed by atoms with E-state index in [0.29, 0.717) is 6.54 Å². The maximum absolute atomic E-state index is 11.9. The summed E-state index contributed by atoms with van der Waals surface area (Å²) in [7, 11) is 1.48. The number of rotatable bonds is 6. The Hall–Kier alpha value is -2.45. The molecule has 9 heteroatoms. The third-order valence-electron chi connectivity index (χ3n) is 2.40. The van der Waals surface area contributed by atoms with Crippen molar-refractivity contribution in [2.75, 3.05) is 20.1 Å². The first-order chi connectivity index (χ1) is 8.97. The van der Waals surface area contributed by atoms with E-state index in [-0.39, 0.29) is 30.6 Å². The van der Waals surface area contributed by atoms with E-state index in [0.717, 1.165) is 10.9 Å². The van der Waals surface area contributed by atoms with Crippen LogP contribution in [0.2, 0.25) is 0 Å². The molecule has 1 heterocycles. The molecule has 0 bridgehead atoms. The number of aromatic carboxylic acids is 1. The highest BCUT2D eigenvalue weighted by atomic mass is 16.4. The Labute approximate surface area is 109 Å². The van der Waals surface area contributed by atoms with Crippen molar-refractivity contribution < 1.29 is 19.5 Å². The van der Waals surface area contributed by atoms with Crippen LogP contribution in [-0.4, -0.2) is 62.9 Å². The second-order valence-corrected chi connectivity index (χ2v) is 3.69. The number of carbonyl (C=O) groups excluding carboxylic acids is 2. The van der Waals surface area contributed by atoms with Gasteiger partial charge in [0, 0.05) is 13.6 Å². The maximum atomic E-state index is 11.9. The molecule has 2 N–H and O–H groups in total. The molecule has 0 saturated heterocycles. The summed E-state index contributed by atoms with van der Waals surface area (Å²) in [5, 5.41) is 18.0. The van der Waals surface area contributed by atoms with Gasteiger partial charge in [-0.2, -0.15) is 0 Å². The zero-order valence-corrected chi connectivity index (χ0v) is 10.7. The van der Waals surface area contributed by atoms with Gasteiger partial charge in [0.2, 0.25) is 11.8 Å². The molecule has 9 nitrogen and oxygen atoms in total. The summed E-state index contributed by atoms with van der Waals surface area (Å²) in [4.78, 5) is 35.0. The molecular formula is C10H15N5O4. The third kappa shape index (κ3) is 4.05. The number of carboxylic acids is 1. The van der Waals surface area contributed by atoms with Gasteiger partial charge in [0.05, 0.1) is 12.7 Å². The highest BCUT2D eigenvalue weighted by molar-refractivity contribution is 5.85. The number of likely N-dealkylation sites (N-methyl/N-ethyl adjacent to an activating group) is 2. The van der Waals surface area contributed by atoms with E-state index < -0.39 is 5.97 Å². The van der Waals surface area contributed by atoms with Crippen LogP contribution in [0.5, 0.6) is 0 Å². The summed E-state index contributed by atoms with van der Waals surface area (Å²) in [6.07, 6.45) is 1.16. The molecule has 0 aromatic carbocycles. The Bertz CT molecular complexity index is 484. The van der Waals surface area contributed by atoms with Crippen molar-refractivity contribution in [3.8, 4) is 0 Å². The molecule has 0 aliphatic heterocycles. The zero-order chi connectivity index (χ0) is 14.4. The van der Waals surface area contributed by atoms with Crippen molar-refractivity contribution >= 4 is 17.8 Å². The lowest BCUT2D eigenvalue weighted by Crippen LogP contribution is -2.41. The van der Waals surface area contributed by atoms with Gasteiger partial charge < -0.3 is 15.3 Å². The maximum Gasteiger partial charge on any atom is 0.358 e. The minimum Gasteiger partial charge on any atom is -0.476 e. The van der Waals surface area contributed by atoms with E-state index in [1.807, 2.05) is 0 Å². The van der Waals surface area contributed by atoms with Crippen LogP contribution in [0, 0.1) is 0 Å². The molecule has 104 valence electrons. The minimum atomic E-state index is -1.21. The van der Waals surface area contributed by atoms with E-state index in [1.165, 1.54) is 11.9 Å². The topological polar surface area (TPSA) is 117 Å². The second kappa shape index (κ2) is 6.47. The summed E-state index contributed by atoms with van der Waals surface area (Å²) in [6, 6.07) is 0. The van der Waals surface area contributed by atoms with Gasteiger partial charge >= 0.3 is 5.97 Å². The monoisotopic (exact) mass is 269 g/mol. The Balaban J connectivity index is 2.65. The average Bonchev–Trinajstić information content (AvgIpc) is 2.84. The van der Waals surface area contributed by atoms with Crippen molar-refractivity contribution in [2.45, 2.75) is 13.5 Å². The largest absolute Gasteiger partial charge is 0.476 e. The van der Waals surface area contributed by atoms with Gasteiger partial charge in [-0.05, 0) is 6.92 Å². The van der Waals surface area contributed by atoms with Gasteiger partial charge in [-0.1, -0.05) is 5.21 Å². The van der Waals surface area contributed by atoms with E-state index >= 15 is 0 Å². The number of carbonyl (C=O) groups is 3. The molecule has 0 atom stereocenters. The molecule has 2 amide bonds. The molecule has 1 aromatic heterocycles. The smallest absolute Gasteiger partial charge is 0.358 e. The van der Waals surface area contributed by atoms with Gasteiger partial charge in [0.25, 0.3) is 0 Å². The number of amides is 2. The van der Waals surface area contributed by atoms with Gasteiger partial charge in [-0.3, -0.25) is 9.59 Å². The lowest BCUT2D eigenvalue weighted by Gasteiger charge is -2.19. The van der Waals surface area contributed by atoms with Crippen LogP contribution in [0.4, 0.5) is 0 Å². The predicted octanol–water partition coefficient (Wildman–Crippen LogP) is -1.43. The van der Waals surface area contributed by atoms with Crippen molar-refractivity contribution in [1.82, 2.24) is 25.2 Å². The molecule has 0 saturated carbocycles.